The van der Waals surface area contributed by atoms with Crippen molar-refractivity contribution in [3.63, 3.8) is 0 Å². The Morgan fingerprint density at radius 3 is 1.49 bits per heavy atom. The van der Waals surface area contributed by atoms with Gasteiger partial charge >= 0.3 is 0 Å². The molecule has 0 saturated carbocycles. The first-order valence-electron chi connectivity index (χ1n) is 19.1. The number of hydrogen-bond donors (Lipinski definition) is 0. The van der Waals surface area contributed by atoms with E-state index in [1.54, 1.807) is 11.3 Å². The largest absolute Gasteiger partial charge is 0.307 e. The molecule has 0 N–H and O–H groups in total. The smallest absolute Gasteiger partial charge is 0.165 e. The standard InChI is InChI=1S/C51H31N5S/c1-4-16-32(17-5-1)49-52-50(33-18-6-2-7-19-33)54-51(53-49)40-30-31-43(45-39-24-12-15-27-44(39)57-48(40)45)56-42-26-14-11-23-36(42)38-29-28-37-35-22-10-13-25-41(35)55(46(37)47(38)56)34-20-8-3-9-21-34/h1-31H. The summed E-state index contributed by atoms with van der Waals surface area (Å²) in [5.74, 6) is 1.95. The van der Waals surface area contributed by atoms with Crippen LogP contribution in [0.2, 0.25) is 0 Å². The minimum absolute atomic E-state index is 0.649. The number of benzene rings is 8. The van der Waals surface area contributed by atoms with Gasteiger partial charge in [0.05, 0.1) is 27.8 Å². The van der Waals surface area contributed by atoms with Gasteiger partial charge in [-0.05, 0) is 42.5 Å². The SMILES string of the molecule is c1ccc(-c2nc(-c3ccccc3)nc(-c3ccc(-n4c5ccccc5c5ccc6c7ccccc7n(-c7ccccc7)c6c54)c4c3sc3ccccc34)n2)cc1. The molecule has 0 aliphatic rings. The molecule has 12 aromatic rings. The summed E-state index contributed by atoms with van der Waals surface area (Å²) < 4.78 is 7.31. The molecule has 0 saturated heterocycles. The van der Waals surface area contributed by atoms with Crippen molar-refractivity contribution >= 4 is 75.1 Å². The molecule has 12 rings (SSSR count). The quantitative estimate of drug-likeness (QED) is 0.176. The van der Waals surface area contributed by atoms with Crippen molar-refractivity contribution in [1.29, 1.82) is 0 Å². The van der Waals surface area contributed by atoms with Crippen LogP contribution in [0.5, 0.6) is 0 Å². The van der Waals surface area contributed by atoms with E-state index >= 15 is 0 Å². The third kappa shape index (κ3) is 4.84. The van der Waals surface area contributed by atoms with Crippen molar-refractivity contribution in [1.82, 2.24) is 24.1 Å². The van der Waals surface area contributed by atoms with Gasteiger partial charge in [-0.3, -0.25) is 0 Å². The van der Waals surface area contributed by atoms with Gasteiger partial charge in [0.15, 0.2) is 17.5 Å². The molecule has 0 amide bonds. The Morgan fingerprint density at radius 2 is 0.860 bits per heavy atom. The molecule has 0 bridgehead atoms. The van der Waals surface area contributed by atoms with Gasteiger partial charge in [-0.15, -0.1) is 11.3 Å². The number of aromatic nitrogens is 5. The van der Waals surface area contributed by atoms with Crippen molar-refractivity contribution in [3.05, 3.63) is 188 Å². The zero-order chi connectivity index (χ0) is 37.5. The third-order valence-electron chi connectivity index (χ3n) is 11.2. The Hall–Kier alpha value is -7.41. The summed E-state index contributed by atoms with van der Waals surface area (Å²) in [6.07, 6.45) is 0. The normalized spacial score (nSPS) is 11.9. The van der Waals surface area contributed by atoms with Crippen molar-refractivity contribution < 1.29 is 0 Å². The van der Waals surface area contributed by atoms with Gasteiger partial charge in [0, 0.05) is 64.1 Å². The molecule has 0 unspecified atom stereocenters. The number of fused-ring (bicyclic) bond motifs is 10. The van der Waals surface area contributed by atoms with Gasteiger partial charge in [0.25, 0.3) is 0 Å². The molecule has 0 aliphatic carbocycles. The maximum atomic E-state index is 5.20. The molecule has 0 atom stereocenters. The van der Waals surface area contributed by atoms with Crippen LogP contribution in [0.4, 0.5) is 0 Å². The molecule has 57 heavy (non-hydrogen) atoms. The van der Waals surface area contributed by atoms with Crippen LogP contribution in [0.1, 0.15) is 0 Å². The fourth-order valence-electron chi connectivity index (χ4n) is 8.70. The minimum Gasteiger partial charge on any atom is -0.307 e. The topological polar surface area (TPSA) is 48.5 Å². The Kier molecular flexibility index (Phi) is 7.03. The van der Waals surface area contributed by atoms with Gasteiger partial charge < -0.3 is 9.13 Å². The minimum atomic E-state index is 0.649. The highest BCUT2D eigenvalue weighted by Crippen LogP contribution is 2.47. The van der Waals surface area contributed by atoms with Crippen LogP contribution < -0.4 is 0 Å². The molecule has 4 aromatic heterocycles. The predicted molar refractivity (Wildman–Crippen MR) is 238 cm³/mol. The Morgan fingerprint density at radius 1 is 0.368 bits per heavy atom. The number of thiophene rings is 1. The maximum absolute atomic E-state index is 5.20. The first-order chi connectivity index (χ1) is 28.3. The molecular formula is C51H31N5S. The number of para-hydroxylation sites is 3. The lowest BCUT2D eigenvalue weighted by atomic mass is 10.1. The third-order valence-corrected chi connectivity index (χ3v) is 12.4. The monoisotopic (exact) mass is 745 g/mol. The zero-order valence-electron chi connectivity index (χ0n) is 30.5. The van der Waals surface area contributed by atoms with E-state index in [0.29, 0.717) is 17.5 Å². The molecule has 0 radical (unpaired) electrons. The van der Waals surface area contributed by atoms with E-state index in [1.165, 1.54) is 53.6 Å². The summed E-state index contributed by atoms with van der Waals surface area (Å²) >= 11 is 1.80. The second-order valence-electron chi connectivity index (χ2n) is 14.4. The fourth-order valence-corrected chi connectivity index (χ4v) is 9.93. The molecule has 6 heteroatoms. The van der Waals surface area contributed by atoms with Crippen LogP contribution in [0.25, 0.3) is 109 Å². The van der Waals surface area contributed by atoms with Crippen molar-refractivity contribution in [2.75, 3.05) is 0 Å². The average molecular weight is 746 g/mol. The average Bonchev–Trinajstić information content (AvgIpc) is 3.95. The molecule has 0 aliphatic heterocycles. The van der Waals surface area contributed by atoms with Crippen LogP contribution >= 0.6 is 11.3 Å². The van der Waals surface area contributed by atoms with Crippen molar-refractivity contribution in [3.8, 4) is 45.5 Å². The van der Waals surface area contributed by atoms with E-state index in [2.05, 4.69) is 161 Å². The number of hydrogen-bond acceptors (Lipinski definition) is 4. The Bertz CT molecular complexity index is 3450. The summed E-state index contributed by atoms with van der Waals surface area (Å²) in [4.78, 5) is 15.4. The van der Waals surface area contributed by atoms with E-state index in [4.69, 9.17) is 15.0 Å². The summed E-state index contributed by atoms with van der Waals surface area (Å²) in [6, 6.07) is 66.6. The van der Waals surface area contributed by atoms with Crippen molar-refractivity contribution in [2.45, 2.75) is 0 Å². The van der Waals surface area contributed by atoms with Crippen LogP contribution in [0, 0.1) is 0 Å². The predicted octanol–water partition coefficient (Wildman–Crippen LogP) is 13.4. The molecule has 4 heterocycles. The Balaban J connectivity index is 1.22. The van der Waals surface area contributed by atoms with Crippen LogP contribution in [-0.4, -0.2) is 24.1 Å². The highest BCUT2D eigenvalue weighted by atomic mass is 32.1. The lowest BCUT2D eigenvalue weighted by Crippen LogP contribution is -2.01. The lowest BCUT2D eigenvalue weighted by Gasteiger charge is -2.15. The highest BCUT2D eigenvalue weighted by Gasteiger charge is 2.25. The summed E-state index contributed by atoms with van der Waals surface area (Å²) in [5, 5.41) is 7.27. The molecule has 0 fully saturated rings. The first kappa shape index (κ1) is 31.9. The highest BCUT2D eigenvalue weighted by molar-refractivity contribution is 7.26. The molecule has 266 valence electrons. The lowest BCUT2D eigenvalue weighted by molar-refractivity contribution is 1.08. The van der Waals surface area contributed by atoms with E-state index in [-0.39, 0.29) is 0 Å². The number of nitrogens with zero attached hydrogens (tertiary/aromatic N) is 5. The number of rotatable bonds is 5. The Labute approximate surface area is 331 Å². The van der Waals surface area contributed by atoms with Gasteiger partial charge in [-0.25, -0.2) is 15.0 Å². The van der Waals surface area contributed by atoms with Crippen LogP contribution in [0.15, 0.2) is 188 Å². The molecule has 0 spiro atoms. The summed E-state index contributed by atoms with van der Waals surface area (Å²) in [5.41, 5.74) is 9.84. The van der Waals surface area contributed by atoms with Gasteiger partial charge in [0.2, 0.25) is 0 Å². The van der Waals surface area contributed by atoms with Crippen molar-refractivity contribution in [2.24, 2.45) is 0 Å². The summed E-state index contributed by atoms with van der Waals surface area (Å²) in [7, 11) is 0. The second kappa shape index (κ2) is 12.6. The maximum Gasteiger partial charge on any atom is 0.165 e. The van der Waals surface area contributed by atoms with Gasteiger partial charge in [0.1, 0.15) is 0 Å². The van der Waals surface area contributed by atoms with Gasteiger partial charge in [-0.1, -0.05) is 146 Å². The van der Waals surface area contributed by atoms with Crippen LogP contribution in [-0.2, 0) is 0 Å². The van der Waals surface area contributed by atoms with E-state index in [0.717, 1.165) is 38.3 Å². The molecule has 5 nitrogen and oxygen atoms in total. The van der Waals surface area contributed by atoms with E-state index < -0.39 is 0 Å². The van der Waals surface area contributed by atoms with Gasteiger partial charge in [-0.2, -0.15) is 0 Å². The first-order valence-corrected chi connectivity index (χ1v) is 19.9. The van der Waals surface area contributed by atoms with E-state index in [1.807, 2.05) is 36.4 Å². The fraction of sp³-hybridized carbons (Fsp3) is 0. The van der Waals surface area contributed by atoms with E-state index in [9.17, 15) is 0 Å². The molecular weight excluding hydrogens is 715 g/mol. The second-order valence-corrected chi connectivity index (χ2v) is 15.4. The molecule has 8 aromatic carbocycles. The summed E-state index contributed by atoms with van der Waals surface area (Å²) in [6.45, 7) is 0. The zero-order valence-corrected chi connectivity index (χ0v) is 31.4. The van der Waals surface area contributed by atoms with Crippen LogP contribution in [0.3, 0.4) is 0 Å².